The zero-order chi connectivity index (χ0) is 23.3. The van der Waals surface area contributed by atoms with E-state index in [0.717, 1.165) is 5.56 Å². The van der Waals surface area contributed by atoms with Crippen molar-refractivity contribution in [3.63, 3.8) is 0 Å². The normalized spacial score (nSPS) is 24.0. The third-order valence-electron chi connectivity index (χ3n) is 5.19. The molecule has 1 heterocycles. The van der Waals surface area contributed by atoms with Gasteiger partial charge in [0.25, 0.3) is 0 Å². The van der Waals surface area contributed by atoms with E-state index in [1.54, 1.807) is 45.9 Å². The molecule has 7 nitrogen and oxygen atoms in total. The highest BCUT2D eigenvalue weighted by Gasteiger charge is 2.43. The third kappa shape index (κ3) is 6.72. The highest BCUT2D eigenvalue weighted by Crippen LogP contribution is 2.32. The molecular weight excluding hydrogens is 400 g/mol. The molecule has 0 amide bonds. The Morgan fingerprint density at radius 1 is 1.23 bits per heavy atom. The van der Waals surface area contributed by atoms with E-state index in [1.807, 2.05) is 25.1 Å². The average molecular weight is 435 g/mol. The molecule has 1 fully saturated rings. The van der Waals surface area contributed by atoms with Crippen LogP contribution in [0, 0.1) is 13.8 Å². The topological polar surface area (TPSA) is 105 Å². The predicted octanol–water partition coefficient (Wildman–Crippen LogP) is 3.24. The van der Waals surface area contributed by atoms with Crippen molar-refractivity contribution >= 4 is 12.0 Å². The van der Waals surface area contributed by atoms with Gasteiger partial charge in [0.2, 0.25) is 0 Å². The van der Waals surface area contributed by atoms with Gasteiger partial charge >= 0.3 is 5.97 Å². The van der Waals surface area contributed by atoms with Gasteiger partial charge in [-0.25, -0.2) is 4.79 Å². The zero-order valence-electron chi connectivity index (χ0n) is 19.0. The summed E-state index contributed by atoms with van der Waals surface area (Å²) in [6.07, 6.45) is 3.90. The molecule has 172 valence electrons. The minimum Gasteiger partial charge on any atom is -0.478 e. The number of carboxylic acid groups (broad SMARTS) is 1. The molecule has 5 atom stereocenters. The van der Waals surface area contributed by atoms with Gasteiger partial charge in [-0.05, 0) is 52.2 Å². The molecule has 1 aliphatic rings. The molecule has 0 saturated carbocycles. The van der Waals surface area contributed by atoms with Crippen LogP contribution in [-0.2, 0) is 14.2 Å². The van der Waals surface area contributed by atoms with Gasteiger partial charge in [-0.3, -0.25) is 0 Å². The van der Waals surface area contributed by atoms with Crippen molar-refractivity contribution in [3.05, 3.63) is 52.6 Å². The first-order chi connectivity index (χ1) is 14.4. The van der Waals surface area contributed by atoms with E-state index in [0.29, 0.717) is 17.5 Å². The maximum atomic E-state index is 11.7. The van der Waals surface area contributed by atoms with Gasteiger partial charge < -0.3 is 29.5 Å². The lowest BCUT2D eigenvalue weighted by Crippen LogP contribution is -2.34. The van der Waals surface area contributed by atoms with E-state index in [9.17, 15) is 20.1 Å². The summed E-state index contributed by atoms with van der Waals surface area (Å²) in [5.41, 5.74) is 2.58. The van der Waals surface area contributed by atoms with Crippen molar-refractivity contribution in [1.29, 1.82) is 0 Å². The Hall–Kier alpha value is -2.03. The summed E-state index contributed by atoms with van der Waals surface area (Å²) in [4.78, 5) is 11.7. The second kappa shape index (κ2) is 10.5. The second-order valence-corrected chi connectivity index (χ2v) is 8.44. The van der Waals surface area contributed by atoms with Crippen molar-refractivity contribution in [2.24, 2.45) is 0 Å². The number of methoxy groups -OCH3 is 1. The number of ether oxygens (including phenoxy) is 3. The lowest BCUT2D eigenvalue weighted by Gasteiger charge is -2.21. The Morgan fingerprint density at radius 3 is 2.48 bits per heavy atom. The van der Waals surface area contributed by atoms with Crippen LogP contribution in [0.2, 0.25) is 0 Å². The molecule has 31 heavy (non-hydrogen) atoms. The highest BCUT2D eigenvalue weighted by atomic mass is 16.8. The summed E-state index contributed by atoms with van der Waals surface area (Å²) in [5.74, 6) is -1.84. The van der Waals surface area contributed by atoms with Crippen molar-refractivity contribution < 1.29 is 34.3 Å². The first-order valence-electron chi connectivity index (χ1n) is 10.4. The molecule has 1 unspecified atom stereocenters. The van der Waals surface area contributed by atoms with Crippen LogP contribution in [0.1, 0.15) is 54.2 Å². The molecule has 0 bridgehead atoms. The summed E-state index contributed by atoms with van der Waals surface area (Å²) in [5, 5.41) is 29.9. The van der Waals surface area contributed by atoms with Crippen molar-refractivity contribution in [2.75, 3.05) is 7.11 Å². The zero-order valence-corrected chi connectivity index (χ0v) is 19.0. The minimum atomic E-state index is -0.969. The molecule has 1 saturated heterocycles. The van der Waals surface area contributed by atoms with E-state index in [-0.39, 0.29) is 5.56 Å². The first kappa shape index (κ1) is 25.2. The number of aliphatic hydroxyl groups excluding tert-OH is 2. The van der Waals surface area contributed by atoms with Crippen molar-refractivity contribution in [1.82, 2.24) is 0 Å². The van der Waals surface area contributed by atoms with E-state index in [2.05, 4.69) is 0 Å². The van der Waals surface area contributed by atoms with Crippen LogP contribution in [-0.4, -0.2) is 64.7 Å². The van der Waals surface area contributed by atoms with Crippen LogP contribution in [0.25, 0.3) is 6.08 Å². The quantitative estimate of drug-likeness (QED) is 0.513. The van der Waals surface area contributed by atoms with E-state index < -0.39 is 42.3 Å². The summed E-state index contributed by atoms with van der Waals surface area (Å²) in [7, 11) is 1.48. The maximum absolute atomic E-state index is 11.7. The number of aliphatic hydroxyl groups is 2. The molecule has 3 N–H and O–H groups in total. The Bertz CT molecular complexity index is 825. The van der Waals surface area contributed by atoms with Gasteiger partial charge in [-0.15, -0.1) is 0 Å². The lowest BCUT2D eigenvalue weighted by molar-refractivity contribution is -0.152. The number of carbonyl (C=O) groups is 1. The van der Waals surface area contributed by atoms with Crippen LogP contribution >= 0.6 is 0 Å². The van der Waals surface area contributed by atoms with E-state index in [4.69, 9.17) is 14.2 Å². The fourth-order valence-electron chi connectivity index (χ4n) is 3.86. The smallest absolute Gasteiger partial charge is 0.336 e. The van der Waals surface area contributed by atoms with Gasteiger partial charge in [-0.2, -0.15) is 0 Å². The van der Waals surface area contributed by atoms with Crippen LogP contribution < -0.4 is 0 Å². The number of hydrogen-bond acceptors (Lipinski definition) is 6. The summed E-state index contributed by atoms with van der Waals surface area (Å²) in [6.45, 7) is 8.87. The van der Waals surface area contributed by atoms with Gasteiger partial charge in [0, 0.05) is 7.11 Å². The Kier molecular flexibility index (Phi) is 8.57. The van der Waals surface area contributed by atoms with Gasteiger partial charge in [0.05, 0.1) is 17.8 Å². The predicted molar refractivity (Wildman–Crippen MR) is 118 cm³/mol. The number of hydrogen-bond donors (Lipinski definition) is 3. The molecule has 0 radical (unpaired) electrons. The molecule has 1 aromatic rings. The summed E-state index contributed by atoms with van der Waals surface area (Å²) in [6, 6.07) is 3.68. The van der Waals surface area contributed by atoms with Gasteiger partial charge in [0.15, 0.2) is 5.79 Å². The van der Waals surface area contributed by atoms with Crippen molar-refractivity contribution in [2.45, 2.75) is 77.3 Å². The van der Waals surface area contributed by atoms with Gasteiger partial charge in [-0.1, -0.05) is 42.0 Å². The number of aryl methyl sites for hydroxylation is 2. The second-order valence-electron chi connectivity index (χ2n) is 8.44. The summed E-state index contributed by atoms with van der Waals surface area (Å²) < 4.78 is 17.0. The molecule has 7 heteroatoms. The molecule has 0 spiro atoms. The monoisotopic (exact) mass is 434 g/mol. The van der Waals surface area contributed by atoms with E-state index in [1.165, 1.54) is 7.11 Å². The van der Waals surface area contributed by atoms with Crippen molar-refractivity contribution in [3.8, 4) is 0 Å². The number of rotatable bonds is 9. The van der Waals surface area contributed by atoms with Crippen LogP contribution in [0.4, 0.5) is 0 Å². The standard InChI is InChI=1S/C24H34O7/c1-14-12-15(2)21(23(27)28)17(13-14)8-7-9-20-22(31-24(4,5)30-20)18(26)10-11-19(29-6)16(3)25/h7-8,10-13,16,18-20,22,25-26H,9H2,1-6H3,(H,27,28)/b8-7+,11-10-/t16-,18?,19-,20+,22+/m0/s1. The van der Waals surface area contributed by atoms with Gasteiger partial charge in [0.1, 0.15) is 18.3 Å². The molecule has 1 aliphatic heterocycles. The molecule has 2 rings (SSSR count). The average Bonchev–Trinajstić information content (AvgIpc) is 2.95. The fraction of sp³-hybridized carbons (Fsp3) is 0.542. The van der Waals surface area contributed by atoms with Crippen LogP contribution in [0.3, 0.4) is 0 Å². The van der Waals surface area contributed by atoms with E-state index >= 15 is 0 Å². The minimum absolute atomic E-state index is 0.272. The maximum Gasteiger partial charge on any atom is 0.336 e. The number of benzene rings is 1. The summed E-state index contributed by atoms with van der Waals surface area (Å²) >= 11 is 0. The molecule has 1 aromatic carbocycles. The third-order valence-corrected chi connectivity index (χ3v) is 5.19. The highest BCUT2D eigenvalue weighted by molar-refractivity contribution is 5.94. The first-order valence-corrected chi connectivity index (χ1v) is 10.4. The van der Waals surface area contributed by atoms with Crippen LogP contribution in [0.5, 0.6) is 0 Å². The Balaban J connectivity index is 2.18. The van der Waals surface area contributed by atoms with Crippen LogP contribution in [0.15, 0.2) is 30.4 Å². The molecule has 0 aliphatic carbocycles. The largest absolute Gasteiger partial charge is 0.478 e. The molecule has 0 aromatic heterocycles. The molecular formula is C24H34O7. The lowest BCUT2D eigenvalue weighted by atomic mass is 9.97. The Labute approximate surface area is 184 Å². The number of carboxylic acids is 1. The SMILES string of the molecule is CO[C@@H](/C=C\C(O)[C@H]1OC(C)(C)O[C@@H]1C/C=C/c1cc(C)cc(C)c1C(=O)O)[C@H](C)O. The fourth-order valence-corrected chi connectivity index (χ4v) is 3.86. The number of aromatic carboxylic acids is 1. The Morgan fingerprint density at radius 2 is 1.90 bits per heavy atom.